The second-order valence-corrected chi connectivity index (χ2v) is 6.84. The van der Waals surface area contributed by atoms with Crippen molar-refractivity contribution in [2.75, 3.05) is 5.73 Å². The Labute approximate surface area is 122 Å². The summed E-state index contributed by atoms with van der Waals surface area (Å²) in [5, 5.41) is 0. The van der Waals surface area contributed by atoms with Gasteiger partial charge in [0.15, 0.2) is 5.84 Å². The summed E-state index contributed by atoms with van der Waals surface area (Å²) < 4.78 is 28.2. The molecule has 0 aliphatic carbocycles. The smallest absolute Gasteiger partial charge is 0.285 e. The largest absolute Gasteiger partial charge is 0.399 e. The number of nitrogens with two attached hydrogens (primary N) is 1. The first-order chi connectivity index (χ1) is 10.0. The molecule has 0 fully saturated rings. The molecule has 0 unspecified atom stereocenters. The number of benzene rings is 2. The maximum absolute atomic E-state index is 12.1. The molecule has 2 N–H and O–H groups in total. The lowest BCUT2D eigenvalue weighted by Gasteiger charge is -2.17. The second-order valence-electron chi connectivity index (χ2n) is 5.27. The number of hydrogen-bond acceptors (Lipinski definition) is 4. The van der Waals surface area contributed by atoms with Crippen LogP contribution in [0.3, 0.4) is 0 Å². The van der Waals surface area contributed by atoms with Gasteiger partial charge in [0, 0.05) is 24.3 Å². The number of anilines is 1. The molecule has 0 bridgehead atoms. The van der Waals surface area contributed by atoms with Crippen molar-refractivity contribution in [2.24, 2.45) is 4.40 Å². The van der Waals surface area contributed by atoms with Gasteiger partial charge in [-0.15, -0.1) is 4.40 Å². The van der Waals surface area contributed by atoms with E-state index in [1.54, 1.807) is 18.2 Å². The highest BCUT2D eigenvalue weighted by molar-refractivity contribution is 7.90. The zero-order chi connectivity index (χ0) is 14.6. The van der Waals surface area contributed by atoms with E-state index < -0.39 is 10.0 Å². The van der Waals surface area contributed by atoms with Gasteiger partial charge in [0.1, 0.15) is 4.90 Å². The summed E-state index contributed by atoms with van der Waals surface area (Å²) in [7, 11) is -3.57. The van der Waals surface area contributed by atoms with Gasteiger partial charge < -0.3 is 10.6 Å². The van der Waals surface area contributed by atoms with Gasteiger partial charge in [-0.2, -0.15) is 8.42 Å². The first kappa shape index (κ1) is 12.4. The van der Waals surface area contributed by atoms with Gasteiger partial charge in [0.25, 0.3) is 10.0 Å². The lowest BCUT2D eigenvalue weighted by molar-refractivity contribution is 0.449. The van der Waals surface area contributed by atoms with E-state index in [0.29, 0.717) is 24.5 Å². The zero-order valence-electron chi connectivity index (χ0n) is 11.2. The van der Waals surface area contributed by atoms with Crippen molar-refractivity contribution >= 4 is 21.5 Å². The molecule has 0 saturated carbocycles. The normalized spacial score (nSPS) is 18.3. The van der Waals surface area contributed by atoms with Crippen molar-refractivity contribution in [3.8, 4) is 0 Å². The molecule has 0 spiro atoms. The average molecular weight is 299 g/mol. The molecular formula is C15H13N3O2S. The van der Waals surface area contributed by atoms with Gasteiger partial charge in [-0.25, -0.2) is 0 Å². The average Bonchev–Trinajstić information content (AvgIpc) is 2.98. The molecule has 4 rings (SSSR count). The van der Waals surface area contributed by atoms with Crippen LogP contribution in [0.1, 0.15) is 16.7 Å². The quantitative estimate of drug-likeness (QED) is 0.752. The molecule has 5 nitrogen and oxygen atoms in total. The summed E-state index contributed by atoms with van der Waals surface area (Å²) in [6.07, 6.45) is 0. The molecule has 0 amide bonds. The molecule has 0 saturated heterocycles. The highest BCUT2D eigenvalue weighted by Gasteiger charge is 2.33. The summed E-state index contributed by atoms with van der Waals surface area (Å²) in [5.74, 6) is 0.528. The first-order valence-corrected chi connectivity index (χ1v) is 8.05. The van der Waals surface area contributed by atoms with Crippen LogP contribution in [-0.2, 0) is 23.1 Å². The van der Waals surface area contributed by atoms with Crippen molar-refractivity contribution in [2.45, 2.75) is 18.0 Å². The number of nitrogen functional groups attached to an aromatic ring is 1. The lowest BCUT2D eigenvalue weighted by Crippen LogP contribution is -2.25. The fourth-order valence-electron chi connectivity index (χ4n) is 2.88. The molecule has 2 heterocycles. The van der Waals surface area contributed by atoms with E-state index in [0.717, 1.165) is 16.8 Å². The van der Waals surface area contributed by atoms with E-state index in [2.05, 4.69) is 4.40 Å². The third kappa shape index (κ3) is 1.83. The van der Waals surface area contributed by atoms with Crippen molar-refractivity contribution in [3.63, 3.8) is 0 Å². The fourth-order valence-corrected chi connectivity index (χ4v) is 4.11. The third-order valence-corrected chi connectivity index (χ3v) is 5.19. The number of rotatable bonds is 0. The Morgan fingerprint density at radius 2 is 1.81 bits per heavy atom. The lowest BCUT2D eigenvalue weighted by atomic mass is 10.1. The number of sulfonamides is 1. The predicted molar refractivity (Wildman–Crippen MR) is 80.3 cm³/mol. The highest BCUT2D eigenvalue weighted by Crippen LogP contribution is 2.32. The van der Waals surface area contributed by atoms with E-state index in [4.69, 9.17) is 5.73 Å². The van der Waals surface area contributed by atoms with Gasteiger partial charge in [-0.05, 0) is 35.4 Å². The molecule has 106 valence electrons. The minimum Gasteiger partial charge on any atom is -0.399 e. The van der Waals surface area contributed by atoms with Crippen molar-refractivity contribution < 1.29 is 8.42 Å². The van der Waals surface area contributed by atoms with Crippen LogP contribution >= 0.6 is 0 Å². The fraction of sp³-hybridized carbons (Fsp3) is 0.133. The van der Waals surface area contributed by atoms with Crippen LogP contribution < -0.4 is 5.73 Å². The minimum absolute atomic E-state index is 0.287. The first-order valence-electron chi connectivity index (χ1n) is 6.61. The van der Waals surface area contributed by atoms with Gasteiger partial charge in [0.2, 0.25) is 0 Å². The van der Waals surface area contributed by atoms with Crippen molar-refractivity contribution in [1.29, 1.82) is 0 Å². The SMILES string of the molecule is Nc1ccc2c(c1)CN(C1=NS(=O)(=O)c3ccccc31)C2. The Morgan fingerprint density at radius 1 is 1.05 bits per heavy atom. The molecule has 0 aromatic heterocycles. The van der Waals surface area contributed by atoms with Crippen LogP contribution in [0.4, 0.5) is 5.69 Å². The number of amidine groups is 1. The monoisotopic (exact) mass is 299 g/mol. The van der Waals surface area contributed by atoms with Crippen molar-refractivity contribution in [3.05, 3.63) is 59.2 Å². The Bertz CT molecular complexity index is 888. The molecule has 6 heteroatoms. The molecule has 2 aliphatic rings. The topological polar surface area (TPSA) is 75.8 Å². The minimum atomic E-state index is -3.57. The highest BCUT2D eigenvalue weighted by atomic mass is 32.2. The van der Waals surface area contributed by atoms with E-state index in [9.17, 15) is 8.42 Å². The molecule has 0 atom stereocenters. The molecule has 2 aliphatic heterocycles. The summed E-state index contributed by atoms with van der Waals surface area (Å²) >= 11 is 0. The van der Waals surface area contributed by atoms with E-state index in [1.807, 2.05) is 29.2 Å². The van der Waals surface area contributed by atoms with Gasteiger partial charge in [-0.3, -0.25) is 0 Å². The van der Waals surface area contributed by atoms with E-state index >= 15 is 0 Å². The van der Waals surface area contributed by atoms with Crippen LogP contribution in [0.5, 0.6) is 0 Å². The Morgan fingerprint density at radius 3 is 2.67 bits per heavy atom. The molecule has 0 radical (unpaired) electrons. The number of nitrogens with zero attached hydrogens (tertiary/aromatic N) is 2. The van der Waals surface area contributed by atoms with Gasteiger partial charge in [-0.1, -0.05) is 18.2 Å². The molecule has 2 aromatic rings. The molecule has 21 heavy (non-hydrogen) atoms. The number of fused-ring (bicyclic) bond motifs is 2. The summed E-state index contributed by atoms with van der Waals surface area (Å²) in [6, 6.07) is 12.7. The van der Waals surface area contributed by atoms with E-state index in [-0.39, 0.29) is 4.90 Å². The Kier molecular flexibility index (Phi) is 2.41. The maximum atomic E-state index is 12.1. The van der Waals surface area contributed by atoms with Crippen LogP contribution in [0.25, 0.3) is 0 Å². The zero-order valence-corrected chi connectivity index (χ0v) is 12.0. The van der Waals surface area contributed by atoms with Crippen LogP contribution in [0.15, 0.2) is 51.8 Å². The maximum Gasteiger partial charge on any atom is 0.285 e. The summed E-state index contributed by atoms with van der Waals surface area (Å²) in [6.45, 7) is 1.28. The third-order valence-electron chi connectivity index (χ3n) is 3.86. The Hall–Kier alpha value is -2.34. The summed E-state index contributed by atoms with van der Waals surface area (Å²) in [4.78, 5) is 2.27. The standard InChI is InChI=1S/C15H13N3O2S/c16-12-6-5-10-8-18(9-11(10)7-12)15-13-3-1-2-4-14(13)21(19,20)17-15/h1-7H,8-9,16H2. The van der Waals surface area contributed by atoms with Crippen LogP contribution in [0.2, 0.25) is 0 Å². The van der Waals surface area contributed by atoms with Gasteiger partial charge >= 0.3 is 0 Å². The number of hydrogen-bond donors (Lipinski definition) is 1. The van der Waals surface area contributed by atoms with Crippen LogP contribution in [0, 0.1) is 0 Å². The van der Waals surface area contributed by atoms with Crippen molar-refractivity contribution in [1.82, 2.24) is 4.90 Å². The molecular weight excluding hydrogens is 286 g/mol. The second kappa shape index (κ2) is 4.08. The van der Waals surface area contributed by atoms with Crippen LogP contribution in [-0.4, -0.2) is 19.2 Å². The summed E-state index contributed by atoms with van der Waals surface area (Å²) in [5.41, 5.74) is 9.49. The molecule has 2 aromatic carbocycles. The van der Waals surface area contributed by atoms with E-state index in [1.165, 1.54) is 0 Å². The Balaban J connectivity index is 1.77. The predicted octanol–water partition coefficient (Wildman–Crippen LogP) is 1.73. The van der Waals surface area contributed by atoms with Gasteiger partial charge in [0.05, 0.1) is 0 Å².